The maximum atomic E-state index is 13.7. The zero-order chi connectivity index (χ0) is 11.6. The number of allylic oxidation sites excluding steroid dienone is 2. The predicted octanol–water partition coefficient (Wildman–Crippen LogP) is 4.35. The molecule has 1 aromatic carbocycles. The van der Waals surface area contributed by atoms with E-state index < -0.39 is 0 Å². The molecule has 86 valence electrons. The molecule has 0 radical (unpaired) electrons. The van der Waals surface area contributed by atoms with Gasteiger partial charge in [0.2, 0.25) is 0 Å². The van der Waals surface area contributed by atoms with E-state index in [4.69, 9.17) is 0 Å². The average Bonchev–Trinajstić information content (AvgIpc) is 2.48. The standard InChI is InChI=1S/C14H16F2/c1-14(8-4-2-3-5-9-14)12-10-11(15)6-7-13(12)16/h4,6-8,10H,2-3,5,9H2,1H3/t14-/m0/s1. The Morgan fingerprint density at radius 2 is 2.00 bits per heavy atom. The second-order valence-corrected chi connectivity index (χ2v) is 4.69. The molecule has 16 heavy (non-hydrogen) atoms. The van der Waals surface area contributed by atoms with Crippen LogP contribution in [0.1, 0.15) is 38.2 Å². The number of benzene rings is 1. The molecule has 1 atom stereocenters. The van der Waals surface area contributed by atoms with Crippen LogP contribution in [-0.4, -0.2) is 0 Å². The third-order valence-electron chi connectivity index (χ3n) is 3.35. The Kier molecular flexibility index (Phi) is 3.08. The number of hydrogen-bond donors (Lipinski definition) is 0. The van der Waals surface area contributed by atoms with Crippen LogP contribution in [0.5, 0.6) is 0 Å². The van der Waals surface area contributed by atoms with E-state index in [0.29, 0.717) is 5.56 Å². The molecule has 1 aromatic rings. The summed E-state index contributed by atoms with van der Waals surface area (Å²) < 4.78 is 26.9. The van der Waals surface area contributed by atoms with Gasteiger partial charge in [-0.3, -0.25) is 0 Å². The molecule has 0 saturated carbocycles. The Hall–Kier alpha value is -1.18. The number of rotatable bonds is 1. The summed E-state index contributed by atoms with van der Waals surface area (Å²) in [6.07, 6.45) is 8.20. The van der Waals surface area contributed by atoms with E-state index in [1.54, 1.807) is 0 Å². The van der Waals surface area contributed by atoms with E-state index in [-0.39, 0.29) is 17.0 Å². The van der Waals surface area contributed by atoms with Crippen molar-refractivity contribution in [3.63, 3.8) is 0 Å². The lowest BCUT2D eigenvalue weighted by Gasteiger charge is -2.26. The van der Waals surface area contributed by atoms with Gasteiger partial charge >= 0.3 is 0 Å². The van der Waals surface area contributed by atoms with Gasteiger partial charge in [0.15, 0.2) is 0 Å². The topological polar surface area (TPSA) is 0 Å². The van der Waals surface area contributed by atoms with Crippen LogP contribution in [-0.2, 0) is 5.41 Å². The monoisotopic (exact) mass is 222 g/mol. The van der Waals surface area contributed by atoms with Crippen LogP contribution in [0.3, 0.4) is 0 Å². The Morgan fingerprint density at radius 3 is 2.81 bits per heavy atom. The highest BCUT2D eigenvalue weighted by Gasteiger charge is 2.27. The largest absolute Gasteiger partial charge is 0.207 e. The van der Waals surface area contributed by atoms with Crippen LogP contribution in [0.4, 0.5) is 8.78 Å². The number of hydrogen-bond acceptors (Lipinski definition) is 0. The molecular weight excluding hydrogens is 206 g/mol. The van der Waals surface area contributed by atoms with Crippen molar-refractivity contribution in [1.29, 1.82) is 0 Å². The number of halogens is 2. The lowest BCUT2D eigenvalue weighted by molar-refractivity contribution is 0.477. The Labute approximate surface area is 95.0 Å². The van der Waals surface area contributed by atoms with Crippen LogP contribution in [0, 0.1) is 11.6 Å². The van der Waals surface area contributed by atoms with Crippen molar-refractivity contribution in [3.05, 3.63) is 47.5 Å². The van der Waals surface area contributed by atoms with Gasteiger partial charge in [-0.05, 0) is 37.5 Å². The third-order valence-corrected chi connectivity index (χ3v) is 3.35. The van der Waals surface area contributed by atoms with Gasteiger partial charge in [-0.15, -0.1) is 0 Å². The average molecular weight is 222 g/mol. The van der Waals surface area contributed by atoms with E-state index in [9.17, 15) is 8.78 Å². The molecule has 0 N–H and O–H groups in total. The highest BCUT2D eigenvalue weighted by molar-refractivity contribution is 5.32. The van der Waals surface area contributed by atoms with Gasteiger partial charge in [0.05, 0.1) is 0 Å². The van der Waals surface area contributed by atoms with Crippen molar-refractivity contribution < 1.29 is 8.78 Å². The first-order valence-corrected chi connectivity index (χ1v) is 5.75. The molecule has 0 saturated heterocycles. The van der Waals surface area contributed by atoms with Gasteiger partial charge in [-0.2, -0.15) is 0 Å². The first-order chi connectivity index (χ1) is 7.62. The molecule has 0 aromatic heterocycles. The second-order valence-electron chi connectivity index (χ2n) is 4.69. The van der Waals surface area contributed by atoms with Crippen molar-refractivity contribution >= 4 is 0 Å². The van der Waals surface area contributed by atoms with Crippen LogP contribution >= 0.6 is 0 Å². The fraction of sp³-hybridized carbons (Fsp3) is 0.429. The van der Waals surface area contributed by atoms with Crippen molar-refractivity contribution in [1.82, 2.24) is 0 Å². The van der Waals surface area contributed by atoms with E-state index in [1.165, 1.54) is 18.2 Å². The molecule has 0 unspecified atom stereocenters. The predicted molar refractivity (Wildman–Crippen MR) is 61.3 cm³/mol. The van der Waals surface area contributed by atoms with Gasteiger partial charge in [0.25, 0.3) is 0 Å². The smallest absolute Gasteiger partial charge is 0.127 e. The molecule has 1 aliphatic rings. The van der Waals surface area contributed by atoms with Crippen LogP contribution in [0.15, 0.2) is 30.4 Å². The van der Waals surface area contributed by atoms with E-state index in [2.05, 4.69) is 6.08 Å². The summed E-state index contributed by atoms with van der Waals surface area (Å²) in [6.45, 7) is 1.98. The third kappa shape index (κ3) is 2.16. The molecular formula is C14H16F2. The summed E-state index contributed by atoms with van der Waals surface area (Å²) in [5.74, 6) is -0.675. The van der Waals surface area contributed by atoms with Gasteiger partial charge in [-0.1, -0.05) is 25.5 Å². The second kappa shape index (κ2) is 4.36. The highest BCUT2D eigenvalue weighted by Crippen LogP contribution is 2.35. The summed E-state index contributed by atoms with van der Waals surface area (Å²) in [5, 5.41) is 0. The molecule has 0 amide bonds. The maximum absolute atomic E-state index is 13.7. The molecule has 0 fully saturated rings. The van der Waals surface area contributed by atoms with Crippen molar-refractivity contribution in [2.75, 3.05) is 0 Å². The fourth-order valence-corrected chi connectivity index (χ4v) is 2.34. The molecule has 1 aliphatic carbocycles. The normalized spacial score (nSPS) is 25.4. The minimum Gasteiger partial charge on any atom is -0.207 e. The van der Waals surface area contributed by atoms with E-state index in [1.807, 2.05) is 13.0 Å². The fourth-order valence-electron chi connectivity index (χ4n) is 2.34. The molecule has 0 aliphatic heterocycles. The Balaban J connectivity index is 2.44. The van der Waals surface area contributed by atoms with E-state index in [0.717, 1.165) is 25.7 Å². The summed E-state index contributed by atoms with van der Waals surface area (Å²) in [4.78, 5) is 0. The molecule has 2 heteroatoms. The molecule has 0 heterocycles. The van der Waals surface area contributed by atoms with Gasteiger partial charge in [-0.25, -0.2) is 8.78 Å². The van der Waals surface area contributed by atoms with E-state index >= 15 is 0 Å². The first-order valence-electron chi connectivity index (χ1n) is 5.75. The highest BCUT2D eigenvalue weighted by atomic mass is 19.1. The zero-order valence-electron chi connectivity index (χ0n) is 9.47. The lowest BCUT2D eigenvalue weighted by atomic mass is 9.78. The molecule has 2 rings (SSSR count). The molecule has 0 nitrogen and oxygen atoms in total. The van der Waals surface area contributed by atoms with Crippen LogP contribution < -0.4 is 0 Å². The lowest BCUT2D eigenvalue weighted by Crippen LogP contribution is -2.20. The summed E-state index contributed by atoms with van der Waals surface area (Å²) in [6, 6.07) is 3.71. The van der Waals surface area contributed by atoms with Gasteiger partial charge < -0.3 is 0 Å². The van der Waals surface area contributed by atoms with Gasteiger partial charge in [0, 0.05) is 11.0 Å². The minimum atomic E-state index is -0.365. The van der Waals surface area contributed by atoms with Crippen LogP contribution in [0.2, 0.25) is 0 Å². The summed E-state index contributed by atoms with van der Waals surface area (Å²) in [7, 11) is 0. The van der Waals surface area contributed by atoms with Gasteiger partial charge in [0.1, 0.15) is 11.6 Å². The first kappa shape index (κ1) is 11.3. The zero-order valence-corrected chi connectivity index (χ0v) is 9.47. The Morgan fingerprint density at radius 1 is 1.19 bits per heavy atom. The van der Waals surface area contributed by atoms with Crippen molar-refractivity contribution in [3.8, 4) is 0 Å². The van der Waals surface area contributed by atoms with Crippen molar-refractivity contribution in [2.45, 2.75) is 38.0 Å². The molecule has 0 spiro atoms. The Bertz CT molecular complexity index is 409. The minimum absolute atomic E-state index is 0.310. The van der Waals surface area contributed by atoms with Crippen molar-refractivity contribution in [2.24, 2.45) is 0 Å². The van der Waals surface area contributed by atoms with Crippen LogP contribution in [0.25, 0.3) is 0 Å². The summed E-state index contributed by atoms with van der Waals surface area (Å²) in [5.41, 5.74) is 0.119. The maximum Gasteiger partial charge on any atom is 0.127 e. The SMILES string of the molecule is C[C@]1(c2cc(F)ccc2F)C=CCCCC1. The quantitative estimate of drug-likeness (QED) is 0.619. The summed E-state index contributed by atoms with van der Waals surface area (Å²) >= 11 is 0. The molecule has 0 bridgehead atoms.